The van der Waals surface area contributed by atoms with Crippen molar-refractivity contribution in [1.82, 2.24) is 4.90 Å². The zero-order valence-electron chi connectivity index (χ0n) is 10.6. The molecule has 2 atom stereocenters. The zero-order valence-corrected chi connectivity index (χ0v) is 10.6. The summed E-state index contributed by atoms with van der Waals surface area (Å²) in [6, 6.07) is 2.31. The van der Waals surface area contributed by atoms with E-state index >= 15 is 0 Å². The number of hydrogen-bond donors (Lipinski definition) is 0. The molecular weight excluding hydrogens is 212 g/mol. The van der Waals surface area contributed by atoms with E-state index in [1.54, 1.807) is 0 Å². The van der Waals surface area contributed by atoms with Crippen molar-refractivity contribution in [2.24, 2.45) is 11.8 Å². The number of carbonyl (C=O) groups excluding carboxylic acids is 1. The van der Waals surface area contributed by atoms with E-state index < -0.39 is 0 Å². The van der Waals surface area contributed by atoms with Crippen LogP contribution in [0.25, 0.3) is 0 Å². The second-order valence-corrected chi connectivity index (χ2v) is 5.33. The van der Waals surface area contributed by atoms with Gasteiger partial charge in [0.25, 0.3) is 0 Å². The van der Waals surface area contributed by atoms with Gasteiger partial charge in [-0.1, -0.05) is 25.5 Å². The third-order valence-electron chi connectivity index (χ3n) is 4.02. The Bertz CT molecular complexity index is 378. The molecule has 0 aromatic heterocycles. The number of hydrogen-bond acceptors (Lipinski definition) is 2. The normalized spacial score (nSPS) is 27.6. The Labute approximate surface area is 103 Å². The molecule has 2 rings (SSSR count). The molecule has 0 aromatic rings. The summed E-state index contributed by atoms with van der Waals surface area (Å²) in [5, 5.41) is 8.64. The van der Waals surface area contributed by atoms with Crippen LogP contribution in [-0.4, -0.2) is 23.4 Å². The topological polar surface area (TPSA) is 44.1 Å². The monoisotopic (exact) mass is 232 g/mol. The highest BCUT2D eigenvalue weighted by Gasteiger charge is 2.39. The average Bonchev–Trinajstić information content (AvgIpc) is 2.72. The average molecular weight is 232 g/mol. The molecule has 1 aliphatic carbocycles. The van der Waals surface area contributed by atoms with Crippen molar-refractivity contribution in [1.29, 1.82) is 5.26 Å². The van der Waals surface area contributed by atoms with Crippen LogP contribution < -0.4 is 0 Å². The van der Waals surface area contributed by atoms with E-state index in [4.69, 9.17) is 5.26 Å². The predicted octanol–water partition coefficient (Wildman–Crippen LogP) is 2.49. The van der Waals surface area contributed by atoms with Gasteiger partial charge in [-0.25, -0.2) is 0 Å². The molecule has 1 saturated heterocycles. The molecule has 0 radical (unpaired) electrons. The molecule has 1 heterocycles. The summed E-state index contributed by atoms with van der Waals surface area (Å²) in [4.78, 5) is 13.8. The van der Waals surface area contributed by atoms with Crippen LogP contribution in [0.3, 0.4) is 0 Å². The van der Waals surface area contributed by atoms with E-state index in [0.29, 0.717) is 17.9 Å². The molecule has 3 heteroatoms. The third-order valence-corrected chi connectivity index (χ3v) is 4.02. The van der Waals surface area contributed by atoms with E-state index in [1.807, 2.05) is 11.0 Å². The fraction of sp³-hybridized carbons (Fsp3) is 0.714. The van der Waals surface area contributed by atoms with Crippen molar-refractivity contribution < 1.29 is 4.79 Å². The molecule has 1 fully saturated rings. The van der Waals surface area contributed by atoms with E-state index in [1.165, 1.54) is 12.0 Å². The van der Waals surface area contributed by atoms with Gasteiger partial charge in [0.1, 0.15) is 6.42 Å². The summed E-state index contributed by atoms with van der Waals surface area (Å²) in [6.07, 6.45) is 5.60. The number of rotatable bonds is 2. The molecule has 0 spiro atoms. The van der Waals surface area contributed by atoms with Gasteiger partial charge in [0.2, 0.25) is 5.91 Å². The molecule has 92 valence electrons. The van der Waals surface area contributed by atoms with Crippen LogP contribution in [0.5, 0.6) is 0 Å². The molecule has 0 N–H and O–H groups in total. The van der Waals surface area contributed by atoms with E-state index in [9.17, 15) is 4.79 Å². The first-order valence-electron chi connectivity index (χ1n) is 6.51. The molecule has 0 saturated carbocycles. The van der Waals surface area contributed by atoms with Crippen LogP contribution in [0.4, 0.5) is 0 Å². The smallest absolute Gasteiger partial charge is 0.237 e. The van der Waals surface area contributed by atoms with E-state index in [-0.39, 0.29) is 12.3 Å². The van der Waals surface area contributed by atoms with Gasteiger partial charge in [-0.3, -0.25) is 4.79 Å². The Morgan fingerprint density at radius 2 is 2.41 bits per heavy atom. The van der Waals surface area contributed by atoms with Crippen LogP contribution in [-0.2, 0) is 4.79 Å². The minimum Gasteiger partial charge on any atom is -0.338 e. The number of carbonyl (C=O) groups is 1. The number of nitrogens with zero attached hydrogens (tertiary/aromatic N) is 2. The lowest BCUT2D eigenvalue weighted by Gasteiger charge is -2.39. The van der Waals surface area contributed by atoms with Crippen molar-refractivity contribution in [3.8, 4) is 6.07 Å². The number of piperidine rings is 1. The molecule has 3 nitrogen and oxygen atoms in total. The molecule has 2 unspecified atom stereocenters. The van der Waals surface area contributed by atoms with Gasteiger partial charge in [-0.2, -0.15) is 5.26 Å². The largest absolute Gasteiger partial charge is 0.338 e. The first kappa shape index (κ1) is 12.2. The standard InChI is InChI=1S/C14H20N2O/c1-10(2)11-5-6-13-12(11)4-3-9-16(13)14(17)7-8-15/h5,10,12-13H,3-4,6-7,9H2,1-2H3. The second-order valence-electron chi connectivity index (χ2n) is 5.33. The minimum atomic E-state index is 0.0145. The van der Waals surface area contributed by atoms with Gasteiger partial charge in [0.05, 0.1) is 6.07 Å². The quantitative estimate of drug-likeness (QED) is 0.686. The number of nitriles is 1. The zero-order chi connectivity index (χ0) is 12.4. The second kappa shape index (κ2) is 4.91. The van der Waals surface area contributed by atoms with E-state index in [0.717, 1.165) is 19.4 Å². The summed E-state index contributed by atoms with van der Waals surface area (Å²) >= 11 is 0. The Morgan fingerprint density at radius 3 is 3.06 bits per heavy atom. The van der Waals surface area contributed by atoms with Crippen molar-refractivity contribution in [2.75, 3.05) is 6.54 Å². The minimum absolute atomic E-state index is 0.0145. The van der Waals surface area contributed by atoms with Crippen LogP contribution in [0.1, 0.15) is 39.5 Å². The Hall–Kier alpha value is -1.30. The Morgan fingerprint density at radius 1 is 1.65 bits per heavy atom. The Kier molecular flexibility index (Phi) is 3.51. The lowest BCUT2D eigenvalue weighted by atomic mass is 9.83. The maximum Gasteiger partial charge on any atom is 0.237 e. The molecule has 0 aromatic carbocycles. The van der Waals surface area contributed by atoms with Gasteiger partial charge in [0, 0.05) is 18.5 Å². The van der Waals surface area contributed by atoms with Crippen LogP contribution in [0.15, 0.2) is 11.6 Å². The summed E-state index contributed by atoms with van der Waals surface area (Å²) in [6.45, 7) is 5.29. The molecule has 1 amide bonds. The lowest BCUT2D eigenvalue weighted by Crippen LogP contribution is -2.47. The van der Waals surface area contributed by atoms with Crippen molar-refractivity contribution in [2.45, 2.75) is 45.6 Å². The van der Waals surface area contributed by atoms with Gasteiger partial charge in [-0.05, 0) is 25.2 Å². The summed E-state index contributed by atoms with van der Waals surface area (Å²) in [5.74, 6) is 1.14. The number of fused-ring (bicyclic) bond motifs is 1. The maximum absolute atomic E-state index is 11.9. The van der Waals surface area contributed by atoms with Crippen LogP contribution >= 0.6 is 0 Å². The molecule has 2 aliphatic rings. The fourth-order valence-corrected chi connectivity index (χ4v) is 3.29. The van der Waals surface area contributed by atoms with Gasteiger partial charge in [0.15, 0.2) is 0 Å². The SMILES string of the molecule is CC(C)C1=CCC2C1CCCN2C(=O)CC#N. The number of amides is 1. The predicted molar refractivity (Wildman–Crippen MR) is 66.0 cm³/mol. The van der Waals surface area contributed by atoms with Crippen molar-refractivity contribution in [3.05, 3.63) is 11.6 Å². The first-order valence-corrected chi connectivity index (χ1v) is 6.51. The Balaban J connectivity index is 2.10. The highest BCUT2D eigenvalue weighted by Crippen LogP contribution is 2.40. The first-order chi connectivity index (χ1) is 8.15. The number of likely N-dealkylation sites (tertiary alicyclic amines) is 1. The molecular formula is C14H20N2O. The summed E-state index contributed by atoms with van der Waals surface area (Å²) < 4.78 is 0. The van der Waals surface area contributed by atoms with Crippen molar-refractivity contribution in [3.63, 3.8) is 0 Å². The van der Waals surface area contributed by atoms with E-state index in [2.05, 4.69) is 19.9 Å². The van der Waals surface area contributed by atoms with Crippen molar-refractivity contribution >= 4 is 5.91 Å². The van der Waals surface area contributed by atoms with Gasteiger partial charge >= 0.3 is 0 Å². The highest BCUT2D eigenvalue weighted by molar-refractivity contribution is 5.78. The lowest BCUT2D eigenvalue weighted by molar-refractivity contribution is -0.134. The highest BCUT2D eigenvalue weighted by atomic mass is 16.2. The molecule has 1 aliphatic heterocycles. The summed E-state index contributed by atoms with van der Waals surface area (Å²) in [5.41, 5.74) is 1.52. The van der Waals surface area contributed by atoms with Crippen LogP contribution in [0.2, 0.25) is 0 Å². The fourth-order valence-electron chi connectivity index (χ4n) is 3.29. The molecule has 17 heavy (non-hydrogen) atoms. The van der Waals surface area contributed by atoms with Crippen LogP contribution in [0, 0.1) is 23.2 Å². The maximum atomic E-state index is 11.9. The van der Waals surface area contributed by atoms with Gasteiger partial charge in [-0.15, -0.1) is 0 Å². The molecule has 0 bridgehead atoms. The third kappa shape index (κ3) is 2.22. The summed E-state index contributed by atoms with van der Waals surface area (Å²) in [7, 11) is 0. The van der Waals surface area contributed by atoms with Gasteiger partial charge < -0.3 is 4.90 Å².